The lowest BCUT2D eigenvalue weighted by molar-refractivity contribution is -0.137. The van der Waals surface area contributed by atoms with E-state index >= 15 is 0 Å². The fourth-order valence-corrected chi connectivity index (χ4v) is 3.97. The second kappa shape index (κ2) is 8.81. The van der Waals surface area contributed by atoms with Gasteiger partial charge < -0.3 is 14.1 Å². The second-order valence-corrected chi connectivity index (χ2v) is 8.10. The first-order valence-electron chi connectivity index (χ1n) is 10.8. The zero-order valence-corrected chi connectivity index (χ0v) is 18.0. The van der Waals surface area contributed by atoms with Gasteiger partial charge in [-0.3, -0.25) is 4.79 Å². The van der Waals surface area contributed by atoms with Crippen molar-refractivity contribution in [2.24, 2.45) is 0 Å². The van der Waals surface area contributed by atoms with Crippen LogP contribution in [0.1, 0.15) is 40.6 Å². The van der Waals surface area contributed by atoms with E-state index in [2.05, 4.69) is 9.97 Å². The number of amides is 1. The molecule has 1 aliphatic heterocycles. The van der Waals surface area contributed by atoms with E-state index in [-0.39, 0.29) is 17.7 Å². The van der Waals surface area contributed by atoms with Gasteiger partial charge in [0.2, 0.25) is 5.88 Å². The first-order valence-corrected chi connectivity index (χ1v) is 10.8. The fourth-order valence-electron chi connectivity index (χ4n) is 3.97. The van der Waals surface area contributed by atoms with Gasteiger partial charge in [0.1, 0.15) is 11.3 Å². The molecule has 174 valence electrons. The van der Waals surface area contributed by atoms with E-state index in [0.717, 1.165) is 42.3 Å². The SMILES string of the molecule is O=C(c1ccc(Oc2ccc(C(F)(F)F)cn2)cc1)N1CCC(c2nc3ccccc3o2)CC1. The Labute approximate surface area is 193 Å². The van der Waals surface area contributed by atoms with E-state index < -0.39 is 11.7 Å². The molecule has 3 heterocycles. The zero-order chi connectivity index (χ0) is 23.7. The molecule has 5 rings (SSSR count). The van der Waals surface area contributed by atoms with E-state index in [9.17, 15) is 18.0 Å². The molecule has 0 unspecified atom stereocenters. The van der Waals surface area contributed by atoms with E-state index in [4.69, 9.17) is 9.15 Å². The third kappa shape index (κ3) is 4.59. The average molecular weight is 467 g/mol. The first kappa shape index (κ1) is 21.9. The summed E-state index contributed by atoms with van der Waals surface area (Å²) in [6.45, 7) is 1.19. The van der Waals surface area contributed by atoms with E-state index in [1.54, 1.807) is 29.2 Å². The summed E-state index contributed by atoms with van der Waals surface area (Å²) in [6.07, 6.45) is -2.21. The molecule has 1 aliphatic rings. The van der Waals surface area contributed by atoms with Crippen LogP contribution in [0.25, 0.3) is 11.1 Å². The molecule has 34 heavy (non-hydrogen) atoms. The van der Waals surface area contributed by atoms with Crippen LogP contribution in [0.2, 0.25) is 0 Å². The van der Waals surface area contributed by atoms with Crippen molar-refractivity contribution in [2.45, 2.75) is 24.9 Å². The molecule has 0 spiro atoms. The summed E-state index contributed by atoms with van der Waals surface area (Å²) in [5.41, 5.74) is 1.27. The number of hydrogen-bond donors (Lipinski definition) is 0. The van der Waals surface area contributed by atoms with Crippen LogP contribution in [-0.4, -0.2) is 33.9 Å². The molecule has 0 N–H and O–H groups in total. The minimum absolute atomic E-state index is 0.0355. The minimum Gasteiger partial charge on any atom is -0.440 e. The number of aromatic nitrogens is 2. The number of pyridine rings is 1. The third-order valence-corrected chi connectivity index (χ3v) is 5.83. The summed E-state index contributed by atoms with van der Waals surface area (Å²) in [5, 5.41) is 0. The van der Waals surface area contributed by atoms with Crippen molar-refractivity contribution in [1.29, 1.82) is 0 Å². The zero-order valence-electron chi connectivity index (χ0n) is 18.0. The van der Waals surface area contributed by atoms with E-state index in [0.29, 0.717) is 30.3 Å². The minimum atomic E-state index is -4.45. The summed E-state index contributed by atoms with van der Waals surface area (Å²) >= 11 is 0. The van der Waals surface area contributed by atoms with E-state index in [1.165, 1.54) is 0 Å². The molecule has 0 aliphatic carbocycles. The molecular formula is C25H20F3N3O3. The monoisotopic (exact) mass is 467 g/mol. The number of likely N-dealkylation sites (tertiary alicyclic amines) is 1. The molecule has 1 fully saturated rings. The lowest BCUT2D eigenvalue weighted by Gasteiger charge is -2.30. The number of carbonyl (C=O) groups is 1. The van der Waals surface area contributed by atoms with Gasteiger partial charge in [0.25, 0.3) is 5.91 Å². The van der Waals surface area contributed by atoms with Gasteiger partial charge in [-0.05, 0) is 55.3 Å². The van der Waals surface area contributed by atoms with Gasteiger partial charge in [-0.25, -0.2) is 9.97 Å². The molecule has 2 aromatic carbocycles. The number of ether oxygens (including phenoxy) is 1. The third-order valence-electron chi connectivity index (χ3n) is 5.83. The highest BCUT2D eigenvalue weighted by Crippen LogP contribution is 2.32. The standard InChI is InChI=1S/C25H20F3N3O3/c26-25(27,28)18-7-10-22(29-15-18)33-19-8-5-17(6-9-19)24(32)31-13-11-16(12-14-31)23-30-20-3-1-2-4-21(20)34-23/h1-10,15-16H,11-14H2. The van der Waals surface area contributed by atoms with Gasteiger partial charge in [-0.15, -0.1) is 0 Å². The molecule has 9 heteroatoms. The lowest BCUT2D eigenvalue weighted by Crippen LogP contribution is -2.37. The fraction of sp³-hybridized carbons (Fsp3) is 0.240. The highest BCUT2D eigenvalue weighted by molar-refractivity contribution is 5.94. The number of piperidine rings is 1. The predicted octanol–water partition coefficient (Wildman–Crippen LogP) is 6.05. The number of carbonyl (C=O) groups excluding carboxylic acids is 1. The van der Waals surface area contributed by atoms with Crippen molar-refractivity contribution < 1.29 is 27.1 Å². The first-order chi connectivity index (χ1) is 16.4. The van der Waals surface area contributed by atoms with Crippen LogP contribution in [0, 0.1) is 0 Å². The van der Waals surface area contributed by atoms with Gasteiger partial charge in [-0.2, -0.15) is 13.2 Å². The Bertz CT molecular complexity index is 1260. The number of nitrogens with zero attached hydrogens (tertiary/aromatic N) is 3. The molecular weight excluding hydrogens is 447 g/mol. The Balaban J connectivity index is 1.18. The van der Waals surface area contributed by atoms with Crippen molar-refractivity contribution in [2.75, 3.05) is 13.1 Å². The Kier molecular flexibility index (Phi) is 5.69. The summed E-state index contributed by atoms with van der Waals surface area (Å²) in [4.78, 5) is 23.0. The molecule has 0 atom stereocenters. The summed E-state index contributed by atoms with van der Waals surface area (Å²) < 4.78 is 49.3. The largest absolute Gasteiger partial charge is 0.440 e. The van der Waals surface area contributed by atoms with Gasteiger partial charge in [0.15, 0.2) is 11.5 Å². The van der Waals surface area contributed by atoms with Gasteiger partial charge in [0, 0.05) is 36.8 Å². The van der Waals surface area contributed by atoms with Crippen LogP contribution < -0.4 is 4.74 Å². The molecule has 0 radical (unpaired) electrons. The number of alkyl halides is 3. The van der Waals surface area contributed by atoms with Crippen molar-refractivity contribution >= 4 is 17.0 Å². The van der Waals surface area contributed by atoms with Crippen molar-refractivity contribution in [3.05, 3.63) is 83.9 Å². The Morgan fingerprint density at radius 1 is 1.00 bits per heavy atom. The quantitative estimate of drug-likeness (QED) is 0.365. The highest BCUT2D eigenvalue weighted by atomic mass is 19.4. The molecule has 1 saturated heterocycles. The number of para-hydroxylation sites is 2. The van der Waals surface area contributed by atoms with E-state index in [1.807, 2.05) is 24.3 Å². The molecule has 6 nitrogen and oxygen atoms in total. The number of rotatable bonds is 4. The average Bonchev–Trinajstić information content (AvgIpc) is 3.28. The predicted molar refractivity (Wildman–Crippen MR) is 118 cm³/mol. The van der Waals surface area contributed by atoms with Gasteiger partial charge in [-0.1, -0.05) is 12.1 Å². The highest BCUT2D eigenvalue weighted by Gasteiger charge is 2.31. The number of fused-ring (bicyclic) bond motifs is 1. The summed E-state index contributed by atoms with van der Waals surface area (Å²) in [7, 11) is 0. The van der Waals surface area contributed by atoms with Crippen LogP contribution in [0.5, 0.6) is 11.6 Å². The normalized spacial score (nSPS) is 15.0. The van der Waals surface area contributed by atoms with Crippen LogP contribution in [-0.2, 0) is 6.18 Å². The Morgan fingerprint density at radius 3 is 2.38 bits per heavy atom. The number of oxazole rings is 1. The number of benzene rings is 2. The Hall–Kier alpha value is -3.88. The maximum Gasteiger partial charge on any atom is 0.417 e. The molecule has 0 bridgehead atoms. The van der Waals surface area contributed by atoms with Crippen molar-refractivity contribution in [3.8, 4) is 11.6 Å². The molecule has 4 aromatic rings. The van der Waals surface area contributed by atoms with Crippen molar-refractivity contribution in [3.63, 3.8) is 0 Å². The van der Waals surface area contributed by atoms with Crippen LogP contribution in [0.3, 0.4) is 0 Å². The molecule has 0 saturated carbocycles. The van der Waals surface area contributed by atoms with Gasteiger partial charge in [0.05, 0.1) is 5.56 Å². The van der Waals surface area contributed by atoms with Crippen LogP contribution in [0.15, 0.2) is 71.3 Å². The number of halogens is 3. The van der Waals surface area contributed by atoms with Crippen molar-refractivity contribution in [1.82, 2.24) is 14.9 Å². The molecule has 2 aromatic heterocycles. The topological polar surface area (TPSA) is 68.5 Å². The second-order valence-electron chi connectivity index (χ2n) is 8.10. The maximum atomic E-state index is 12.9. The van der Waals surface area contributed by atoms with Crippen LogP contribution >= 0.6 is 0 Å². The lowest BCUT2D eigenvalue weighted by atomic mass is 9.96. The maximum absolute atomic E-state index is 12.9. The summed E-state index contributed by atoms with van der Waals surface area (Å²) in [6, 6.07) is 16.2. The summed E-state index contributed by atoms with van der Waals surface area (Å²) in [5.74, 6) is 1.21. The number of hydrogen-bond acceptors (Lipinski definition) is 5. The smallest absolute Gasteiger partial charge is 0.417 e. The van der Waals surface area contributed by atoms with Crippen LogP contribution in [0.4, 0.5) is 13.2 Å². The Morgan fingerprint density at radius 2 is 1.74 bits per heavy atom. The molecule has 1 amide bonds. The van der Waals surface area contributed by atoms with Gasteiger partial charge >= 0.3 is 6.18 Å².